The third-order valence-corrected chi connectivity index (χ3v) is 6.87. The summed E-state index contributed by atoms with van der Waals surface area (Å²) < 4.78 is 29.1. The maximum absolute atomic E-state index is 14.5. The summed E-state index contributed by atoms with van der Waals surface area (Å²) in [5, 5.41) is 18.7. The largest absolute Gasteiger partial charge is 0.396 e. The molecule has 0 aliphatic heterocycles. The quantitative estimate of drug-likeness (QED) is 0.358. The minimum atomic E-state index is -0.875. The number of aldehydes is 2. The number of benzene rings is 2. The van der Waals surface area contributed by atoms with Crippen molar-refractivity contribution in [2.24, 2.45) is 0 Å². The number of carbonyl (C=O) groups is 2. The van der Waals surface area contributed by atoms with Crippen LogP contribution in [0.2, 0.25) is 0 Å². The molecule has 0 saturated heterocycles. The van der Waals surface area contributed by atoms with Gasteiger partial charge >= 0.3 is 0 Å². The first-order chi connectivity index (χ1) is 18.1. The van der Waals surface area contributed by atoms with E-state index in [1.165, 1.54) is 22.3 Å². The molecule has 40 heavy (non-hydrogen) atoms. The van der Waals surface area contributed by atoms with Gasteiger partial charge in [0.1, 0.15) is 11.6 Å². The number of aliphatic hydroxyl groups excluding tert-OH is 2. The van der Waals surface area contributed by atoms with Crippen molar-refractivity contribution in [1.82, 2.24) is 0 Å². The van der Waals surface area contributed by atoms with Crippen LogP contribution >= 0.6 is 0 Å². The Labute approximate surface area is 240 Å². The fraction of sp³-hybridized carbons (Fsp3) is 0.588. The van der Waals surface area contributed by atoms with Gasteiger partial charge in [-0.2, -0.15) is 0 Å². The van der Waals surface area contributed by atoms with Crippen LogP contribution in [0.4, 0.5) is 8.78 Å². The molecule has 0 saturated carbocycles. The molecule has 0 spiro atoms. The molecule has 4 nitrogen and oxygen atoms in total. The molecular formula is C34H50F2O4. The van der Waals surface area contributed by atoms with E-state index in [9.17, 15) is 28.6 Å². The molecule has 0 radical (unpaired) electrons. The zero-order valence-electron chi connectivity index (χ0n) is 26.6. The fourth-order valence-corrected chi connectivity index (χ4v) is 5.22. The maximum Gasteiger partial charge on any atom is 0.153 e. The van der Waals surface area contributed by atoms with E-state index in [1.54, 1.807) is 41.5 Å². The van der Waals surface area contributed by atoms with Crippen molar-refractivity contribution < 1.29 is 28.6 Å². The maximum atomic E-state index is 14.5. The number of aliphatic hydroxyl groups is 2. The molecule has 0 fully saturated rings. The predicted octanol–water partition coefficient (Wildman–Crippen LogP) is 7.54. The smallest absolute Gasteiger partial charge is 0.153 e. The highest BCUT2D eigenvalue weighted by Gasteiger charge is 2.34. The summed E-state index contributed by atoms with van der Waals surface area (Å²) in [6.45, 7) is 23.5. The summed E-state index contributed by atoms with van der Waals surface area (Å²) in [7, 11) is 0. The molecule has 0 bridgehead atoms. The summed E-state index contributed by atoms with van der Waals surface area (Å²) >= 11 is 0. The van der Waals surface area contributed by atoms with Gasteiger partial charge in [0.15, 0.2) is 12.6 Å². The highest BCUT2D eigenvalue weighted by atomic mass is 19.1. The van der Waals surface area contributed by atoms with Crippen LogP contribution in [0, 0.1) is 11.6 Å². The molecular weight excluding hydrogens is 510 g/mol. The molecule has 2 aromatic rings. The molecule has 0 aliphatic rings. The Morgan fingerprint density at radius 1 is 0.575 bits per heavy atom. The zero-order chi connectivity index (χ0) is 31.4. The monoisotopic (exact) mass is 560 g/mol. The highest BCUT2D eigenvalue weighted by molar-refractivity contribution is 5.88. The summed E-state index contributed by atoms with van der Waals surface area (Å²) in [4.78, 5) is 22.6. The SMILES string of the molecule is CC(C)(C)c1c(F)c(C=O)c(C(C)(C)C)c(C=O)c1F.CC(C)(C)c1cc(CCO)c(C(C)(C)C)c(CCO)c1. The number of halogens is 2. The van der Waals surface area contributed by atoms with Crippen molar-refractivity contribution >= 4 is 12.6 Å². The van der Waals surface area contributed by atoms with E-state index in [2.05, 4.69) is 53.7 Å². The highest BCUT2D eigenvalue weighted by Crippen LogP contribution is 2.38. The van der Waals surface area contributed by atoms with Crippen molar-refractivity contribution in [3.63, 3.8) is 0 Å². The Bertz CT molecular complexity index is 1140. The first-order valence-corrected chi connectivity index (χ1v) is 13.9. The molecule has 2 rings (SSSR count). The van der Waals surface area contributed by atoms with E-state index in [0.717, 1.165) is 0 Å². The molecule has 0 aromatic heterocycles. The van der Waals surface area contributed by atoms with E-state index in [-0.39, 0.29) is 46.3 Å². The van der Waals surface area contributed by atoms with Crippen LogP contribution in [-0.2, 0) is 34.5 Å². The number of hydrogen-bond acceptors (Lipinski definition) is 4. The van der Waals surface area contributed by atoms with Crippen molar-refractivity contribution in [2.45, 2.75) is 118 Å². The van der Waals surface area contributed by atoms with E-state index < -0.39 is 22.5 Å². The van der Waals surface area contributed by atoms with Crippen LogP contribution < -0.4 is 0 Å². The number of rotatable bonds is 6. The van der Waals surface area contributed by atoms with Gasteiger partial charge in [-0.1, -0.05) is 95.2 Å². The molecule has 0 aliphatic carbocycles. The summed E-state index contributed by atoms with van der Waals surface area (Å²) in [6.07, 6.45) is 2.07. The van der Waals surface area contributed by atoms with Gasteiger partial charge in [-0.05, 0) is 62.3 Å². The average molecular weight is 561 g/mol. The molecule has 224 valence electrons. The minimum absolute atomic E-state index is 0.0193. The van der Waals surface area contributed by atoms with Crippen LogP contribution in [0.15, 0.2) is 12.1 Å². The zero-order valence-corrected chi connectivity index (χ0v) is 26.6. The van der Waals surface area contributed by atoms with E-state index in [1.807, 2.05) is 0 Å². The molecule has 2 N–H and O–H groups in total. The summed E-state index contributed by atoms with van der Waals surface area (Å²) in [6, 6.07) is 4.47. The van der Waals surface area contributed by atoms with E-state index >= 15 is 0 Å². The topological polar surface area (TPSA) is 74.6 Å². The van der Waals surface area contributed by atoms with Crippen LogP contribution in [-0.4, -0.2) is 36.0 Å². The number of hydrogen-bond donors (Lipinski definition) is 2. The molecule has 0 heterocycles. The van der Waals surface area contributed by atoms with Crippen molar-refractivity contribution in [1.29, 1.82) is 0 Å². The van der Waals surface area contributed by atoms with Crippen molar-refractivity contribution in [3.05, 3.63) is 68.3 Å². The van der Waals surface area contributed by atoms with E-state index in [0.29, 0.717) is 25.4 Å². The number of carbonyl (C=O) groups excluding carboxylic acids is 2. The van der Waals surface area contributed by atoms with Gasteiger partial charge in [-0.15, -0.1) is 0 Å². The second-order valence-corrected chi connectivity index (χ2v) is 14.6. The van der Waals surface area contributed by atoms with Crippen LogP contribution in [0.3, 0.4) is 0 Å². The van der Waals surface area contributed by atoms with Gasteiger partial charge in [-0.25, -0.2) is 8.78 Å². The average Bonchev–Trinajstić information content (AvgIpc) is 2.76. The Morgan fingerprint density at radius 2 is 0.900 bits per heavy atom. The fourth-order valence-electron chi connectivity index (χ4n) is 5.22. The lowest BCUT2D eigenvalue weighted by Crippen LogP contribution is -2.25. The normalized spacial score (nSPS) is 12.6. The molecule has 0 atom stereocenters. The first-order valence-electron chi connectivity index (χ1n) is 13.9. The second-order valence-electron chi connectivity index (χ2n) is 14.6. The van der Waals surface area contributed by atoms with Gasteiger partial charge in [0.25, 0.3) is 0 Å². The first kappa shape index (κ1) is 35.6. The van der Waals surface area contributed by atoms with Crippen LogP contribution in [0.5, 0.6) is 0 Å². The lowest BCUT2D eigenvalue weighted by Gasteiger charge is -2.30. The van der Waals surface area contributed by atoms with Crippen molar-refractivity contribution in [2.75, 3.05) is 13.2 Å². The third-order valence-electron chi connectivity index (χ3n) is 6.87. The summed E-state index contributed by atoms with van der Waals surface area (Å²) in [5.41, 5.74) is 2.95. The van der Waals surface area contributed by atoms with Crippen LogP contribution in [0.25, 0.3) is 0 Å². The van der Waals surface area contributed by atoms with Crippen LogP contribution in [0.1, 0.15) is 137 Å². The van der Waals surface area contributed by atoms with Gasteiger partial charge in [0.05, 0.1) is 11.1 Å². The lowest BCUT2D eigenvalue weighted by molar-refractivity contribution is 0.111. The van der Waals surface area contributed by atoms with Crippen molar-refractivity contribution in [3.8, 4) is 0 Å². The second kappa shape index (κ2) is 13.0. The lowest BCUT2D eigenvalue weighted by atomic mass is 9.75. The van der Waals surface area contributed by atoms with Gasteiger partial charge in [0.2, 0.25) is 0 Å². The van der Waals surface area contributed by atoms with Gasteiger partial charge in [-0.3, -0.25) is 9.59 Å². The minimum Gasteiger partial charge on any atom is -0.396 e. The van der Waals surface area contributed by atoms with Gasteiger partial charge in [0, 0.05) is 18.8 Å². The summed E-state index contributed by atoms with van der Waals surface area (Å²) in [5.74, 6) is -1.75. The third kappa shape index (κ3) is 8.29. The Balaban J connectivity index is 0.000000400. The molecule has 6 heteroatoms. The van der Waals surface area contributed by atoms with Gasteiger partial charge < -0.3 is 10.2 Å². The Kier molecular flexibility index (Phi) is 11.6. The molecule has 2 aromatic carbocycles. The molecule has 0 amide bonds. The Hall–Kier alpha value is -2.44. The molecule has 0 unspecified atom stereocenters. The predicted molar refractivity (Wildman–Crippen MR) is 160 cm³/mol. The standard InChI is InChI=1S/C18H30O2.C16H20F2O2/c1-17(2,3)15-11-13(7-9-19)16(18(4,5)6)14(12-15)8-10-20;1-15(2,3)11-9(7-19)13(17)12(16(4,5)6)14(18)10(11)8-20/h11-12,19-20H,7-10H2,1-6H3;7-8H,1-6H3. The van der Waals surface area contributed by atoms with E-state index in [4.69, 9.17) is 0 Å². The Morgan fingerprint density at radius 3 is 1.12 bits per heavy atom.